The van der Waals surface area contributed by atoms with Gasteiger partial charge in [-0.15, -0.1) is 0 Å². The summed E-state index contributed by atoms with van der Waals surface area (Å²) in [5, 5.41) is 6.39. The van der Waals surface area contributed by atoms with Crippen molar-refractivity contribution in [3.63, 3.8) is 0 Å². The van der Waals surface area contributed by atoms with Crippen LogP contribution in [0, 0.1) is 11.6 Å². The van der Waals surface area contributed by atoms with Crippen LogP contribution in [0.1, 0.15) is 41.1 Å². The summed E-state index contributed by atoms with van der Waals surface area (Å²) in [7, 11) is 2.03. The third-order valence-electron chi connectivity index (χ3n) is 6.69. The van der Waals surface area contributed by atoms with E-state index in [1.807, 2.05) is 24.1 Å². The van der Waals surface area contributed by atoms with Gasteiger partial charge >= 0.3 is 0 Å². The Bertz CT molecular complexity index is 975. The number of benzene rings is 2. The molecule has 2 aliphatic rings. The molecule has 0 spiro atoms. The minimum atomic E-state index is -0.630. The zero-order valence-corrected chi connectivity index (χ0v) is 19.5. The van der Waals surface area contributed by atoms with Crippen LogP contribution in [0.15, 0.2) is 48.5 Å². The third-order valence-corrected chi connectivity index (χ3v) is 6.69. The Kier molecular flexibility index (Phi) is 7.90. The highest BCUT2D eigenvalue weighted by Gasteiger charge is 2.37. The van der Waals surface area contributed by atoms with Gasteiger partial charge in [-0.1, -0.05) is 12.1 Å². The molecule has 3 atom stereocenters. The van der Waals surface area contributed by atoms with Gasteiger partial charge in [-0.2, -0.15) is 0 Å². The number of nitrogens with zero attached hydrogens (tertiary/aromatic N) is 2. The number of piperazine rings is 1. The molecule has 2 aromatic carbocycles. The average molecular weight is 471 g/mol. The summed E-state index contributed by atoms with van der Waals surface area (Å²) in [6.45, 7) is 3.61. The van der Waals surface area contributed by atoms with E-state index < -0.39 is 11.9 Å². The van der Waals surface area contributed by atoms with Gasteiger partial charge in [-0.05, 0) is 74.8 Å². The highest BCUT2D eigenvalue weighted by atomic mass is 19.1. The molecular weight excluding hydrogens is 438 g/mol. The van der Waals surface area contributed by atoms with E-state index in [9.17, 15) is 18.4 Å². The van der Waals surface area contributed by atoms with Crippen LogP contribution in [0.4, 0.5) is 8.78 Å². The Labute approximate surface area is 199 Å². The van der Waals surface area contributed by atoms with Gasteiger partial charge in [0.1, 0.15) is 17.7 Å². The largest absolute Gasteiger partial charge is 0.340 e. The lowest BCUT2D eigenvalue weighted by atomic mass is 10.1. The maximum Gasteiger partial charge on any atom is 0.251 e. The average Bonchev–Trinajstić information content (AvgIpc) is 3.61. The summed E-state index contributed by atoms with van der Waals surface area (Å²) in [5.74, 6) is -0.695. The van der Waals surface area contributed by atoms with Crippen LogP contribution in [-0.4, -0.2) is 73.5 Å². The van der Waals surface area contributed by atoms with Gasteiger partial charge in [0.2, 0.25) is 5.91 Å². The zero-order valence-electron chi connectivity index (χ0n) is 19.5. The van der Waals surface area contributed by atoms with E-state index >= 15 is 0 Å². The molecule has 0 bridgehead atoms. The van der Waals surface area contributed by atoms with Gasteiger partial charge < -0.3 is 20.4 Å². The molecule has 2 amide bonds. The molecule has 8 heteroatoms. The summed E-state index contributed by atoms with van der Waals surface area (Å²) in [4.78, 5) is 29.9. The number of rotatable bonds is 9. The van der Waals surface area contributed by atoms with Crippen molar-refractivity contribution in [2.24, 2.45) is 0 Å². The number of likely N-dealkylation sites (N-methyl/N-ethyl adjacent to an activating group) is 1. The van der Waals surface area contributed by atoms with Crippen LogP contribution in [0.5, 0.6) is 0 Å². The summed E-state index contributed by atoms with van der Waals surface area (Å²) in [5.41, 5.74) is 1.46. The van der Waals surface area contributed by atoms with E-state index in [4.69, 9.17) is 0 Å². The van der Waals surface area contributed by atoms with Crippen molar-refractivity contribution in [1.29, 1.82) is 0 Å². The summed E-state index contributed by atoms with van der Waals surface area (Å²) < 4.78 is 26.4. The van der Waals surface area contributed by atoms with Crippen LogP contribution < -0.4 is 10.6 Å². The van der Waals surface area contributed by atoms with Gasteiger partial charge in [-0.3, -0.25) is 9.59 Å². The van der Waals surface area contributed by atoms with Gasteiger partial charge in [0.05, 0.1) is 0 Å². The molecule has 2 aromatic rings. The van der Waals surface area contributed by atoms with E-state index in [0.29, 0.717) is 37.0 Å². The van der Waals surface area contributed by atoms with E-state index in [1.165, 1.54) is 36.4 Å². The molecule has 1 heterocycles. The SMILES string of the molecule is CN1CCN(C(=O)[C@H](CCCNC2C[C@@H]2c2ccc(F)cc2)NC(=O)c2ccc(F)cc2)CC1. The number of hydrogen-bond acceptors (Lipinski definition) is 4. The summed E-state index contributed by atoms with van der Waals surface area (Å²) in [6.07, 6.45) is 2.25. The number of carbonyl (C=O) groups excluding carboxylic acids is 2. The molecule has 1 saturated carbocycles. The lowest BCUT2D eigenvalue weighted by molar-refractivity contribution is -0.135. The minimum Gasteiger partial charge on any atom is -0.340 e. The fraction of sp³-hybridized carbons (Fsp3) is 0.462. The second-order valence-corrected chi connectivity index (χ2v) is 9.26. The second kappa shape index (κ2) is 11.1. The van der Waals surface area contributed by atoms with Crippen molar-refractivity contribution in [2.45, 2.75) is 37.3 Å². The Morgan fingerprint density at radius 2 is 1.59 bits per heavy atom. The van der Waals surface area contributed by atoms with Crippen LogP contribution in [0.3, 0.4) is 0 Å². The Morgan fingerprint density at radius 1 is 0.971 bits per heavy atom. The zero-order chi connectivity index (χ0) is 24.1. The molecule has 1 aliphatic heterocycles. The number of nitrogens with one attached hydrogen (secondary N) is 2. The first kappa shape index (κ1) is 24.3. The van der Waals surface area contributed by atoms with Crippen molar-refractivity contribution < 1.29 is 18.4 Å². The number of hydrogen-bond donors (Lipinski definition) is 2. The monoisotopic (exact) mass is 470 g/mol. The predicted molar refractivity (Wildman–Crippen MR) is 127 cm³/mol. The molecule has 182 valence electrons. The first-order valence-electron chi connectivity index (χ1n) is 11.9. The molecule has 0 aromatic heterocycles. The van der Waals surface area contributed by atoms with Crippen LogP contribution in [0.2, 0.25) is 0 Å². The van der Waals surface area contributed by atoms with Gasteiger partial charge in [-0.25, -0.2) is 8.78 Å². The van der Waals surface area contributed by atoms with Crippen LogP contribution in [0.25, 0.3) is 0 Å². The Morgan fingerprint density at radius 3 is 2.24 bits per heavy atom. The third kappa shape index (κ3) is 6.39. The van der Waals surface area contributed by atoms with Crippen molar-refractivity contribution in [3.05, 3.63) is 71.3 Å². The molecule has 0 radical (unpaired) electrons. The fourth-order valence-corrected chi connectivity index (χ4v) is 4.44. The molecule has 2 fully saturated rings. The van der Waals surface area contributed by atoms with Gasteiger partial charge in [0.25, 0.3) is 5.91 Å². The van der Waals surface area contributed by atoms with E-state index in [-0.39, 0.29) is 17.6 Å². The van der Waals surface area contributed by atoms with Crippen molar-refractivity contribution in [2.75, 3.05) is 39.8 Å². The van der Waals surface area contributed by atoms with Crippen LogP contribution in [-0.2, 0) is 4.79 Å². The van der Waals surface area contributed by atoms with Crippen molar-refractivity contribution in [3.8, 4) is 0 Å². The molecular formula is C26H32F2N4O2. The van der Waals surface area contributed by atoms with Gasteiger partial charge in [0.15, 0.2) is 0 Å². The van der Waals surface area contributed by atoms with Crippen molar-refractivity contribution in [1.82, 2.24) is 20.4 Å². The van der Waals surface area contributed by atoms with Crippen molar-refractivity contribution >= 4 is 11.8 Å². The summed E-state index contributed by atoms with van der Waals surface area (Å²) >= 11 is 0. The number of carbonyl (C=O) groups is 2. The predicted octanol–water partition coefficient (Wildman–Crippen LogP) is 2.76. The Balaban J connectivity index is 1.30. The topological polar surface area (TPSA) is 64.7 Å². The second-order valence-electron chi connectivity index (χ2n) is 9.26. The lowest BCUT2D eigenvalue weighted by Gasteiger charge is -2.34. The number of amides is 2. The normalized spacial score (nSPS) is 21.2. The molecule has 1 saturated heterocycles. The van der Waals surface area contributed by atoms with E-state index in [2.05, 4.69) is 15.5 Å². The summed E-state index contributed by atoms with van der Waals surface area (Å²) in [6, 6.07) is 11.7. The highest BCUT2D eigenvalue weighted by Crippen LogP contribution is 2.40. The number of halogens is 2. The maximum atomic E-state index is 13.2. The van der Waals surface area contributed by atoms with E-state index in [1.54, 1.807) is 0 Å². The first-order chi connectivity index (χ1) is 16.4. The maximum absolute atomic E-state index is 13.2. The molecule has 1 aliphatic carbocycles. The lowest BCUT2D eigenvalue weighted by Crippen LogP contribution is -2.54. The molecule has 4 rings (SSSR count). The fourth-order valence-electron chi connectivity index (χ4n) is 4.44. The molecule has 6 nitrogen and oxygen atoms in total. The van der Waals surface area contributed by atoms with E-state index in [0.717, 1.165) is 38.0 Å². The molecule has 34 heavy (non-hydrogen) atoms. The smallest absolute Gasteiger partial charge is 0.251 e. The standard InChI is InChI=1S/C26H32F2N4O2/c1-31-13-15-32(16-14-31)26(34)23(30-25(33)19-6-10-21(28)11-7-19)3-2-12-29-24-17-22(24)18-4-8-20(27)9-5-18/h4-11,22-24,29H,2-3,12-17H2,1H3,(H,30,33)/t22-,23+,24?/m1/s1. The highest BCUT2D eigenvalue weighted by molar-refractivity contribution is 5.97. The minimum absolute atomic E-state index is 0.0702. The van der Waals surface area contributed by atoms with Crippen LogP contribution >= 0.6 is 0 Å². The molecule has 1 unspecified atom stereocenters. The first-order valence-corrected chi connectivity index (χ1v) is 11.9. The molecule has 2 N–H and O–H groups in total. The van der Waals surface area contributed by atoms with Gasteiger partial charge in [0, 0.05) is 43.7 Å². The quantitative estimate of drug-likeness (QED) is 0.554. The Hall–Kier alpha value is -2.84.